The summed E-state index contributed by atoms with van der Waals surface area (Å²) >= 11 is 0. The Kier molecular flexibility index (Phi) is 6.87. The molecule has 31 heavy (non-hydrogen) atoms. The lowest BCUT2D eigenvalue weighted by Gasteiger charge is -2.20. The lowest BCUT2D eigenvalue weighted by atomic mass is 10.0. The van der Waals surface area contributed by atoms with Crippen LogP contribution < -0.4 is 14.8 Å². The molecule has 0 saturated heterocycles. The Balaban J connectivity index is 1.99. The number of nitrogens with zero attached hydrogens (tertiary/aromatic N) is 2. The highest BCUT2D eigenvalue weighted by Crippen LogP contribution is 2.36. The predicted octanol–water partition coefficient (Wildman–Crippen LogP) is 3.58. The molecule has 0 aliphatic carbocycles. The van der Waals surface area contributed by atoms with E-state index in [4.69, 9.17) is 19.7 Å². The Labute approximate surface area is 178 Å². The molecule has 0 amide bonds. The molecule has 1 aromatic heterocycles. The lowest BCUT2D eigenvalue weighted by Crippen LogP contribution is -2.19. The van der Waals surface area contributed by atoms with Gasteiger partial charge in [-0.2, -0.15) is 8.78 Å². The van der Waals surface area contributed by atoms with Gasteiger partial charge in [0.2, 0.25) is 0 Å². The van der Waals surface area contributed by atoms with E-state index in [0.717, 1.165) is 0 Å². The maximum absolute atomic E-state index is 13.9. The highest BCUT2D eigenvalue weighted by atomic mass is 19.3. The number of aromatic nitrogens is 2. The quantitative estimate of drug-likeness (QED) is 0.475. The van der Waals surface area contributed by atoms with Gasteiger partial charge in [-0.05, 0) is 31.5 Å². The number of hydrogen-bond acceptors (Lipinski definition) is 7. The molecular formula is C22H25F2N3O4. The minimum atomic E-state index is -3.32. The van der Waals surface area contributed by atoms with E-state index >= 15 is 0 Å². The minimum absolute atomic E-state index is 0.0968. The molecular weight excluding hydrogens is 408 g/mol. The van der Waals surface area contributed by atoms with E-state index in [0.29, 0.717) is 39.6 Å². The van der Waals surface area contributed by atoms with Crippen molar-refractivity contribution >= 4 is 16.7 Å². The number of benzene rings is 2. The number of ether oxygens (including phenoxy) is 2. The van der Waals surface area contributed by atoms with Crippen molar-refractivity contribution in [3.63, 3.8) is 0 Å². The molecule has 1 atom stereocenters. The summed E-state index contributed by atoms with van der Waals surface area (Å²) < 4.78 is 38.7. The molecule has 0 unspecified atom stereocenters. The number of alkyl halides is 2. The molecule has 0 fully saturated rings. The number of nitrogens with one attached hydrogen (secondary N) is 1. The molecule has 7 nitrogen and oxygen atoms in total. The molecule has 0 bridgehead atoms. The van der Waals surface area contributed by atoms with Crippen molar-refractivity contribution in [1.29, 1.82) is 0 Å². The van der Waals surface area contributed by atoms with Gasteiger partial charge in [0.05, 0.1) is 19.2 Å². The van der Waals surface area contributed by atoms with Gasteiger partial charge in [0.1, 0.15) is 24.9 Å². The number of anilines is 1. The molecule has 3 aromatic rings. The molecule has 0 saturated carbocycles. The smallest absolute Gasteiger partial charge is 0.295 e. The Bertz CT molecular complexity index is 1060. The first-order chi connectivity index (χ1) is 14.8. The van der Waals surface area contributed by atoms with Crippen molar-refractivity contribution in [2.45, 2.75) is 25.8 Å². The fraction of sp³-hybridized carbons (Fsp3) is 0.364. The van der Waals surface area contributed by atoms with Crippen LogP contribution in [0.15, 0.2) is 36.4 Å². The molecule has 3 N–H and O–H groups in total. The standard InChI is InChI=1S/C22H25F2N3O4/c1-13(15-5-4-6-16(9-15)22(23,24)12-29)25-21-17-10-20(31-8-7-28)19(30-3)11-18(17)26-14(2)27-21/h4-6,9-11,13,28-29H,7-8,12H2,1-3H3,(H,25,26,27)/t13-/m1/s1. The van der Waals surface area contributed by atoms with Crippen LogP contribution >= 0.6 is 0 Å². The Morgan fingerprint density at radius 1 is 1.13 bits per heavy atom. The van der Waals surface area contributed by atoms with Crippen molar-refractivity contribution in [2.75, 3.05) is 32.2 Å². The van der Waals surface area contributed by atoms with Crippen LogP contribution in [0, 0.1) is 6.92 Å². The van der Waals surface area contributed by atoms with Gasteiger partial charge in [-0.1, -0.05) is 18.2 Å². The van der Waals surface area contributed by atoms with Crippen LogP contribution in [-0.4, -0.2) is 47.1 Å². The first-order valence-electron chi connectivity index (χ1n) is 9.74. The molecule has 0 radical (unpaired) electrons. The van der Waals surface area contributed by atoms with E-state index in [9.17, 15) is 8.78 Å². The van der Waals surface area contributed by atoms with Crippen LogP contribution in [0.1, 0.15) is 29.9 Å². The van der Waals surface area contributed by atoms with Crippen molar-refractivity contribution < 1.29 is 28.5 Å². The van der Waals surface area contributed by atoms with Crippen molar-refractivity contribution in [1.82, 2.24) is 9.97 Å². The van der Waals surface area contributed by atoms with Gasteiger partial charge in [0, 0.05) is 23.1 Å². The maximum Gasteiger partial charge on any atom is 0.295 e. The first-order valence-corrected chi connectivity index (χ1v) is 9.74. The zero-order chi connectivity index (χ0) is 22.6. The van der Waals surface area contributed by atoms with E-state index in [1.54, 1.807) is 25.1 Å². The third kappa shape index (κ3) is 5.00. The summed E-state index contributed by atoms with van der Waals surface area (Å²) in [7, 11) is 1.51. The van der Waals surface area contributed by atoms with E-state index in [1.165, 1.54) is 25.3 Å². The minimum Gasteiger partial charge on any atom is -0.493 e. The van der Waals surface area contributed by atoms with E-state index in [1.807, 2.05) is 6.92 Å². The van der Waals surface area contributed by atoms with Gasteiger partial charge in [-0.3, -0.25) is 0 Å². The summed E-state index contributed by atoms with van der Waals surface area (Å²) in [4.78, 5) is 8.92. The van der Waals surface area contributed by atoms with Crippen molar-refractivity contribution in [3.8, 4) is 11.5 Å². The zero-order valence-electron chi connectivity index (χ0n) is 17.5. The van der Waals surface area contributed by atoms with Gasteiger partial charge in [0.15, 0.2) is 11.5 Å². The highest BCUT2D eigenvalue weighted by Gasteiger charge is 2.30. The zero-order valence-corrected chi connectivity index (χ0v) is 17.5. The fourth-order valence-electron chi connectivity index (χ4n) is 3.21. The third-order valence-corrected chi connectivity index (χ3v) is 4.80. The van der Waals surface area contributed by atoms with Crippen LogP contribution in [0.4, 0.5) is 14.6 Å². The third-order valence-electron chi connectivity index (χ3n) is 4.80. The highest BCUT2D eigenvalue weighted by molar-refractivity contribution is 5.92. The summed E-state index contributed by atoms with van der Waals surface area (Å²) in [5.41, 5.74) is 0.977. The number of aliphatic hydroxyl groups excluding tert-OH is 2. The Morgan fingerprint density at radius 3 is 2.58 bits per heavy atom. The predicted molar refractivity (Wildman–Crippen MR) is 113 cm³/mol. The molecule has 3 rings (SSSR count). The summed E-state index contributed by atoms with van der Waals surface area (Å²) in [6.07, 6.45) is 0. The second-order valence-corrected chi connectivity index (χ2v) is 7.07. The van der Waals surface area contributed by atoms with E-state index < -0.39 is 12.5 Å². The summed E-state index contributed by atoms with van der Waals surface area (Å²) in [5.74, 6) is -1.39. The average Bonchev–Trinajstić information content (AvgIpc) is 2.77. The molecule has 2 aromatic carbocycles. The summed E-state index contributed by atoms with van der Waals surface area (Å²) in [5, 5.41) is 21.9. The van der Waals surface area contributed by atoms with Crippen molar-refractivity contribution in [3.05, 3.63) is 53.3 Å². The Hall–Kier alpha value is -3.04. The summed E-state index contributed by atoms with van der Waals surface area (Å²) in [6.45, 7) is 2.27. The average molecular weight is 433 g/mol. The SMILES string of the molecule is COc1cc2nc(C)nc(N[C@H](C)c3cccc(C(F)(F)CO)c3)c2cc1OCCO. The van der Waals surface area contributed by atoms with Gasteiger partial charge < -0.3 is 25.0 Å². The molecule has 0 spiro atoms. The van der Waals surface area contributed by atoms with Crippen LogP contribution in [0.2, 0.25) is 0 Å². The monoisotopic (exact) mass is 433 g/mol. The topological polar surface area (TPSA) is 96.7 Å². The second kappa shape index (κ2) is 9.40. The van der Waals surface area contributed by atoms with Gasteiger partial charge in [-0.15, -0.1) is 0 Å². The number of methoxy groups -OCH3 is 1. The number of aryl methyl sites for hydroxylation is 1. The van der Waals surface area contributed by atoms with E-state index in [2.05, 4.69) is 15.3 Å². The lowest BCUT2D eigenvalue weighted by molar-refractivity contribution is -0.0556. The van der Waals surface area contributed by atoms with Gasteiger partial charge in [0.25, 0.3) is 5.92 Å². The number of halogens is 2. The second-order valence-electron chi connectivity index (χ2n) is 7.07. The number of hydrogen-bond donors (Lipinski definition) is 3. The number of fused-ring (bicyclic) bond motifs is 1. The van der Waals surface area contributed by atoms with Crippen LogP contribution in [0.25, 0.3) is 10.9 Å². The molecule has 166 valence electrons. The van der Waals surface area contributed by atoms with Gasteiger partial charge in [-0.25, -0.2) is 9.97 Å². The largest absolute Gasteiger partial charge is 0.493 e. The fourth-order valence-corrected chi connectivity index (χ4v) is 3.21. The van der Waals surface area contributed by atoms with Crippen LogP contribution in [0.3, 0.4) is 0 Å². The normalized spacial score (nSPS) is 12.6. The number of aliphatic hydroxyl groups is 2. The molecule has 1 heterocycles. The van der Waals surface area contributed by atoms with Gasteiger partial charge >= 0.3 is 0 Å². The number of rotatable bonds is 9. The van der Waals surface area contributed by atoms with Crippen LogP contribution in [0.5, 0.6) is 11.5 Å². The molecule has 9 heteroatoms. The Morgan fingerprint density at radius 2 is 1.90 bits per heavy atom. The van der Waals surface area contributed by atoms with Crippen molar-refractivity contribution in [2.24, 2.45) is 0 Å². The molecule has 0 aliphatic rings. The first kappa shape index (κ1) is 22.6. The van der Waals surface area contributed by atoms with E-state index in [-0.39, 0.29) is 24.8 Å². The van der Waals surface area contributed by atoms with Crippen LogP contribution in [-0.2, 0) is 5.92 Å². The molecule has 0 aliphatic heterocycles. The maximum atomic E-state index is 13.9. The summed E-state index contributed by atoms with van der Waals surface area (Å²) in [6, 6.07) is 8.97.